The number of carbonyl (C=O) groups is 2. The normalized spacial score (nSPS) is 14.1. The molecule has 3 rings (SSSR count). The van der Waals surface area contributed by atoms with Gasteiger partial charge in [0, 0.05) is 29.9 Å². The summed E-state index contributed by atoms with van der Waals surface area (Å²) in [6.07, 6.45) is 0.344. The minimum atomic E-state index is -0.646. The van der Waals surface area contributed by atoms with Crippen molar-refractivity contribution in [3.8, 4) is 5.75 Å². The molecule has 2 aromatic carbocycles. The lowest BCUT2D eigenvalue weighted by Gasteiger charge is -2.29. The van der Waals surface area contributed by atoms with E-state index in [0.717, 1.165) is 5.56 Å². The van der Waals surface area contributed by atoms with E-state index in [4.69, 9.17) is 9.47 Å². The zero-order chi connectivity index (χ0) is 23.3. The molecule has 170 valence electrons. The molecule has 8 heteroatoms. The summed E-state index contributed by atoms with van der Waals surface area (Å²) in [6, 6.07) is 10.9. The number of benzene rings is 2. The Hall–Kier alpha value is -3.42. The van der Waals surface area contributed by atoms with Crippen LogP contribution in [0.4, 0.5) is 19.3 Å². The second kappa shape index (κ2) is 9.80. The van der Waals surface area contributed by atoms with Gasteiger partial charge in [0.15, 0.2) is 0 Å². The molecule has 1 heterocycles. The number of fused-ring (bicyclic) bond motifs is 1. The van der Waals surface area contributed by atoms with E-state index in [9.17, 15) is 18.4 Å². The molecule has 0 aliphatic carbocycles. The van der Waals surface area contributed by atoms with Crippen LogP contribution in [0.1, 0.15) is 36.7 Å². The number of anilines is 1. The first-order valence-electron chi connectivity index (χ1n) is 10.2. The van der Waals surface area contributed by atoms with Gasteiger partial charge in [0.1, 0.15) is 23.8 Å². The SMILES string of the molecule is CC(C)(C)OC(=O)NC/C(=C/F)COc1ccc2c(c1)CCN(c1ccc(F)cc1)C2=O. The molecule has 0 bridgehead atoms. The highest BCUT2D eigenvalue weighted by Gasteiger charge is 2.26. The Balaban J connectivity index is 1.59. The number of hydrogen-bond donors (Lipinski definition) is 1. The highest BCUT2D eigenvalue weighted by Crippen LogP contribution is 2.27. The molecule has 0 aromatic heterocycles. The van der Waals surface area contributed by atoms with E-state index in [1.165, 1.54) is 12.1 Å². The van der Waals surface area contributed by atoms with Gasteiger partial charge in [-0.25, -0.2) is 13.6 Å². The fraction of sp³-hybridized carbons (Fsp3) is 0.333. The molecular formula is C24H26F2N2O4. The van der Waals surface area contributed by atoms with Crippen LogP contribution >= 0.6 is 0 Å². The van der Waals surface area contributed by atoms with Crippen LogP contribution in [0.15, 0.2) is 54.4 Å². The summed E-state index contributed by atoms with van der Waals surface area (Å²) in [7, 11) is 0. The van der Waals surface area contributed by atoms with Crippen LogP contribution in [0.5, 0.6) is 5.75 Å². The highest BCUT2D eigenvalue weighted by molar-refractivity contribution is 6.08. The molecule has 32 heavy (non-hydrogen) atoms. The van der Waals surface area contributed by atoms with Crippen LogP contribution in [0.3, 0.4) is 0 Å². The molecule has 0 radical (unpaired) electrons. The van der Waals surface area contributed by atoms with Gasteiger partial charge >= 0.3 is 6.09 Å². The first-order valence-corrected chi connectivity index (χ1v) is 10.2. The fourth-order valence-electron chi connectivity index (χ4n) is 3.22. The van der Waals surface area contributed by atoms with Crippen molar-refractivity contribution in [2.45, 2.75) is 32.8 Å². The summed E-state index contributed by atoms with van der Waals surface area (Å²) in [4.78, 5) is 26.2. The fourth-order valence-corrected chi connectivity index (χ4v) is 3.22. The maximum absolute atomic E-state index is 13.2. The maximum atomic E-state index is 13.2. The van der Waals surface area contributed by atoms with E-state index in [1.807, 2.05) is 0 Å². The first kappa shape index (κ1) is 23.2. The number of nitrogens with one attached hydrogen (secondary N) is 1. The molecule has 6 nitrogen and oxygen atoms in total. The average Bonchev–Trinajstić information content (AvgIpc) is 2.73. The summed E-state index contributed by atoms with van der Waals surface area (Å²) in [5.74, 6) is -0.0397. The molecule has 2 amide bonds. The van der Waals surface area contributed by atoms with Gasteiger partial charge in [0.05, 0.1) is 6.33 Å². The van der Waals surface area contributed by atoms with Gasteiger partial charge < -0.3 is 19.7 Å². The first-order chi connectivity index (χ1) is 15.2. The lowest BCUT2D eigenvalue weighted by atomic mass is 9.98. The topological polar surface area (TPSA) is 67.9 Å². The van der Waals surface area contributed by atoms with Gasteiger partial charge in [-0.15, -0.1) is 0 Å². The molecule has 0 fully saturated rings. The molecule has 2 aromatic rings. The van der Waals surface area contributed by atoms with Gasteiger partial charge in [-0.05, 0) is 75.2 Å². The van der Waals surface area contributed by atoms with Crippen molar-refractivity contribution in [1.29, 1.82) is 0 Å². The van der Waals surface area contributed by atoms with Crippen molar-refractivity contribution >= 4 is 17.7 Å². The van der Waals surface area contributed by atoms with E-state index in [-0.39, 0.29) is 30.4 Å². The van der Waals surface area contributed by atoms with Crippen LogP contribution in [0, 0.1) is 5.82 Å². The molecule has 0 saturated carbocycles. The van der Waals surface area contributed by atoms with Gasteiger partial charge in [-0.1, -0.05) is 0 Å². The van der Waals surface area contributed by atoms with Gasteiger partial charge in [0.2, 0.25) is 0 Å². The second-order valence-electron chi connectivity index (χ2n) is 8.41. The predicted octanol–water partition coefficient (Wildman–Crippen LogP) is 4.79. The van der Waals surface area contributed by atoms with E-state index in [1.54, 1.807) is 56.0 Å². The molecular weight excluding hydrogens is 418 g/mol. The average molecular weight is 444 g/mol. The Morgan fingerprint density at radius 1 is 1.19 bits per heavy atom. The largest absolute Gasteiger partial charge is 0.489 e. The molecule has 1 aliphatic rings. The summed E-state index contributed by atoms with van der Waals surface area (Å²) in [5, 5.41) is 2.48. The van der Waals surface area contributed by atoms with E-state index in [2.05, 4.69) is 5.32 Å². The summed E-state index contributed by atoms with van der Waals surface area (Å²) < 4.78 is 37.1. The highest BCUT2D eigenvalue weighted by atomic mass is 19.1. The number of ether oxygens (including phenoxy) is 2. The number of nitrogens with zero attached hydrogens (tertiary/aromatic N) is 1. The van der Waals surface area contributed by atoms with Crippen LogP contribution in [0.25, 0.3) is 0 Å². The molecule has 0 unspecified atom stereocenters. The molecule has 0 spiro atoms. The van der Waals surface area contributed by atoms with Gasteiger partial charge in [0.25, 0.3) is 5.91 Å². The molecule has 0 atom stereocenters. The molecule has 1 N–H and O–H groups in total. The van der Waals surface area contributed by atoms with Crippen molar-refractivity contribution in [1.82, 2.24) is 5.32 Å². The Morgan fingerprint density at radius 2 is 1.91 bits per heavy atom. The third-order valence-corrected chi connectivity index (χ3v) is 4.73. The zero-order valence-corrected chi connectivity index (χ0v) is 18.3. The lowest BCUT2D eigenvalue weighted by Crippen LogP contribution is -2.37. The third kappa shape index (κ3) is 6.06. The standard InChI is InChI=1S/C24H26F2N2O4/c1-24(2,3)32-23(30)27-14-16(13-25)15-31-20-8-9-21-17(12-20)10-11-28(22(21)29)19-6-4-18(26)5-7-19/h4-9,12-13H,10-11,14-15H2,1-3H3,(H,27,30)/b16-13-. The van der Waals surface area contributed by atoms with Gasteiger partial charge in [-0.3, -0.25) is 4.79 Å². The smallest absolute Gasteiger partial charge is 0.407 e. The summed E-state index contributed by atoms with van der Waals surface area (Å²) in [6.45, 7) is 5.54. The Kier molecular flexibility index (Phi) is 7.12. The number of amides is 2. The Labute approximate surface area is 185 Å². The Bertz CT molecular complexity index is 1010. The van der Waals surface area contributed by atoms with Crippen molar-refractivity contribution in [3.63, 3.8) is 0 Å². The number of halogens is 2. The summed E-state index contributed by atoms with van der Waals surface area (Å²) in [5.41, 5.74) is 1.58. The predicted molar refractivity (Wildman–Crippen MR) is 117 cm³/mol. The van der Waals surface area contributed by atoms with Crippen LogP contribution in [-0.2, 0) is 11.2 Å². The van der Waals surface area contributed by atoms with Crippen LogP contribution in [-0.4, -0.2) is 37.3 Å². The summed E-state index contributed by atoms with van der Waals surface area (Å²) >= 11 is 0. The van der Waals surface area contributed by atoms with Crippen LogP contribution < -0.4 is 15.0 Å². The Morgan fingerprint density at radius 3 is 2.56 bits per heavy atom. The quantitative estimate of drug-likeness (QED) is 0.696. The monoisotopic (exact) mass is 444 g/mol. The number of rotatable bonds is 6. The van der Waals surface area contributed by atoms with E-state index < -0.39 is 11.7 Å². The second-order valence-corrected chi connectivity index (χ2v) is 8.41. The van der Waals surface area contributed by atoms with Crippen molar-refractivity contribution in [2.24, 2.45) is 0 Å². The molecule has 0 saturated heterocycles. The zero-order valence-electron chi connectivity index (χ0n) is 18.3. The lowest BCUT2D eigenvalue weighted by molar-refractivity contribution is 0.0531. The van der Waals surface area contributed by atoms with E-state index >= 15 is 0 Å². The minimum Gasteiger partial charge on any atom is -0.489 e. The number of carbonyl (C=O) groups excluding carboxylic acids is 2. The maximum Gasteiger partial charge on any atom is 0.407 e. The third-order valence-electron chi connectivity index (χ3n) is 4.73. The van der Waals surface area contributed by atoms with Crippen molar-refractivity contribution in [3.05, 3.63) is 71.3 Å². The number of hydrogen-bond acceptors (Lipinski definition) is 4. The van der Waals surface area contributed by atoms with E-state index in [0.29, 0.717) is 36.3 Å². The molecule has 1 aliphatic heterocycles. The van der Waals surface area contributed by atoms with Gasteiger partial charge in [-0.2, -0.15) is 0 Å². The van der Waals surface area contributed by atoms with Crippen LogP contribution in [0.2, 0.25) is 0 Å². The van der Waals surface area contributed by atoms with Crippen molar-refractivity contribution in [2.75, 3.05) is 24.6 Å². The number of alkyl carbamates (subject to hydrolysis) is 1. The minimum absolute atomic E-state index is 0.0541. The van der Waals surface area contributed by atoms with Crippen molar-refractivity contribution < 1.29 is 27.8 Å².